The molecule has 1 aliphatic rings. The van der Waals surface area contributed by atoms with Crippen molar-refractivity contribution in [2.24, 2.45) is 0 Å². The van der Waals surface area contributed by atoms with E-state index in [0.717, 1.165) is 30.3 Å². The number of hydrogen-bond acceptors (Lipinski definition) is 2. The molecule has 140 valence electrons. The van der Waals surface area contributed by atoms with Gasteiger partial charge in [-0.3, -0.25) is 9.36 Å². The van der Waals surface area contributed by atoms with Gasteiger partial charge in [0.2, 0.25) is 5.91 Å². The molecule has 5 heteroatoms. The van der Waals surface area contributed by atoms with Gasteiger partial charge in [0.1, 0.15) is 0 Å². The van der Waals surface area contributed by atoms with Gasteiger partial charge in [-0.25, -0.2) is 4.79 Å². The number of aromatic amines is 1. The number of amides is 1. The maximum atomic E-state index is 12.6. The number of likely N-dealkylation sites (tertiary alicyclic amines) is 1. The summed E-state index contributed by atoms with van der Waals surface area (Å²) >= 11 is 0. The molecule has 5 nitrogen and oxygen atoms in total. The van der Waals surface area contributed by atoms with E-state index in [1.54, 1.807) is 0 Å². The fourth-order valence-corrected chi connectivity index (χ4v) is 3.97. The first-order chi connectivity index (χ1) is 13.1. The zero-order chi connectivity index (χ0) is 18.8. The summed E-state index contributed by atoms with van der Waals surface area (Å²) in [5, 5.41) is 0. The Morgan fingerprint density at radius 1 is 1.07 bits per heavy atom. The molecule has 0 radical (unpaired) electrons. The van der Waals surface area contributed by atoms with Crippen molar-refractivity contribution >= 4 is 16.9 Å². The van der Waals surface area contributed by atoms with Crippen molar-refractivity contribution in [2.75, 3.05) is 13.1 Å². The number of carbonyl (C=O) groups is 1. The number of carbonyl (C=O) groups excluding carboxylic acids is 1. The summed E-state index contributed by atoms with van der Waals surface area (Å²) in [6.45, 7) is 3.49. The van der Waals surface area contributed by atoms with Crippen LogP contribution in [0, 0.1) is 6.92 Å². The molecule has 2 heterocycles. The molecule has 0 saturated carbocycles. The van der Waals surface area contributed by atoms with Crippen molar-refractivity contribution in [3.05, 3.63) is 70.1 Å². The van der Waals surface area contributed by atoms with Crippen LogP contribution >= 0.6 is 0 Å². The van der Waals surface area contributed by atoms with E-state index in [1.165, 1.54) is 11.1 Å². The van der Waals surface area contributed by atoms with Crippen molar-refractivity contribution < 1.29 is 4.79 Å². The Balaban J connectivity index is 1.37. The molecular formula is C22H25N3O2. The first-order valence-electron chi connectivity index (χ1n) is 9.64. The summed E-state index contributed by atoms with van der Waals surface area (Å²) in [5.41, 5.74) is 4.21. The highest BCUT2D eigenvalue weighted by atomic mass is 16.2. The monoisotopic (exact) mass is 363 g/mol. The highest BCUT2D eigenvalue weighted by Gasteiger charge is 2.25. The second kappa shape index (κ2) is 7.43. The van der Waals surface area contributed by atoms with Gasteiger partial charge >= 0.3 is 5.69 Å². The Morgan fingerprint density at radius 3 is 2.52 bits per heavy atom. The van der Waals surface area contributed by atoms with E-state index < -0.39 is 0 Å². The Kier molecular flexibility index (Phi) is 4.84. The van der Waals surface area contributed by atoms with Crippen LogP contribution in [-0.4, -0.2) is 33.4 Å². The van der Waals surface area contributed by atoms with Crippen LogP contribution in [-0.2, 0) is 11.2 Å². The summed E-state index contributed by atoms with van der Waals surface area (Å²) in [6, 6.07) is 16.3. The van der Waals surface area contributed by atoms with Gasteiger partial charge in [0.05, 0.1) is 11.0 Å². The van der Waals surface area contributed by atoms with Crippen molar-refractivity contribution in [3.63, 3.8) is 0 Å². The van der Waals surface area contributed by atoms with Crippen LogP contribution in [0.1, 0.15) is 36.4 Å². The molecule has 1 saturated heterocycles. The van der Waals surface area contributed by atoms with Crippen molar-refractivity contribution in [1.29, 1.82) is 0 Å². The normalized spacial score (nSPS) is 15.4. The summed E-state index contributed by atoms with van der Waals surface area (Å²) < 4.78 is 1.86. The maximum Gasteiger partial charge on any atom is 0.326 e. The minimum Gasteiger partial charge on any atom is -0.343 e. The van der Waals surface area contributed by atoms with Gasteiger partial charge in [-0.2, -0.15) is 0 Å². The summed E-state index contributed by atoms with van der Waals surface area (Å²) in [4.78, 5) is 29.8. The minimum atomic E-state index is -0.0552. The number of H-pyrrole nitrogens is 1. The number of nitrogens with zero attached hydrogens (tertiary/aromatic N) is 2. The minimum absolute atomic E-state index is 0.0552. The van der Waals surface area contributed by atoms with E-state index in [2.05, 4.69) is 36.2 Å². The van der Waals surface area contributed by atoms with Crippen LogP contribution in [0.25, 0.3) is 11.0 Å². The highest BCUT2D eigenvalue weighted by molar-refractivity contribution is 5.77. The van der Waals surface area contributed by atoms with Crippen LogP contribution in [0.2, 0.25) is 0 Å². The van der Waals surface area contributed by atoms with E-state index in [0.29, 0.717) is 19.5 Å². The first-order valence-corrected chi connectivity index (χ1v) is 9.64. The third-order valence-corrected chi connectivity index (χ3v) is 5.55. The zero-order valence-electron chi connectivity index (χ0n) is 15.6. The lowest BCUT2D eigenvalue weighted by Crippen LogP contribution is -2.40. The first kappa shape index (κ1) is 17.6. The van der Waals surface area contributed by atoms with Gasteiger partial charge in [0.25, 0.3) is 0 Å². The fourth-order valence-electron chi connectivity index (χ4n) is 3.97. The molecule has 1 fully saturated rings. The Morgan fingerprint density at radius 2 is 1.78 bits per heavy atom. The number of rotatable bonds is 4. The van der Waals surface area contributed by atoms with Crippen LogP contribution in [0.15, 0.2) is 53.3 Å². The molecule has 1 amide bonds. The number of nitrogens with one attached hydrogen (secondary N) is 1. The van der Waals surface area contributed by atoms with Gasteiger partial charge in [-0.1, -0.05) is 42.0 Å². The number of benzene rings is 2. The average Bonchev–Trinajstić information content (AvgIpc) is 3.03. The van der Waals surface area contributed by atoms with E-state index in [4.69, 9.17) is 0 Å². The van der Waals surface area contributed by atoms with Gasteiger partial charge in [-0.05, 0) is 43.9 Å². The van der Waals surface area contributed by atoms with Crippen LogP contribution in [0.3, 0.4) is 0 Å². The zero-order valence-corrected chi connectivity index (χ0v) is 15.6. The van der Waals surface area contributed by atoms with E-state index in [-0.39, 0.29) is 17.6 Å². The van der Waals surface area contributed by atoms with Crippen molar-refractivity contribution in [1.82, 2.24) is 14.5 Å². The molecule has 2 aromatic carbocycles. The second-order valence-electron chi connectivity index (χ2n) is 7.41. The number of aryl methyl sites for hydroxylation is 2. The number of imidazole rings is 1. The molecule has 0 aliphatic carbocycles. The second-order valence-corrected chi connectivity index (χ2v) is 7.41. The van der Waals surface area contributed by atoms with Crippen LogP contribution in [0.5, 0.6) is 0 Å². The summed E-state index contributed by atoms with van der Waals surface area (Å²) in [5.74, 6) is 0.209. The van der Waals surface area contributed by atoms with Gasteiger partial charge < -0.3 is 9.88 Å². The van der Waals surface area contributed by atoms with Crippen LogP contribution in [0.4, 0.5) is 0 Å². The lowest BCUT2D eigenvalue weighted by atomic mass is 10.0. The lowest BCUT2D eigenvalue weighted by molar-refractivity contribution is -0.132. The van der Waals surface area contributed by atoms with E-state index in [9.17, 15) is 9.59 Å². The molecular weight excluding hydrogens is 338 g/mol. The fraction of sp³-hybridized carbons (Fsp3) is 0.364. The largest absolute Gasteiger partial charge is 0.343 e. The van der Waals surface area contributed by atoms with Crippen molar-refractivity contribution in [3.8, 4) is 0 Å². The molecule has 3 aromatic rings. The quantitative estimate of drug-likeness (QED) is 0.772. The number of hydrogen-bond donors (Lipinski definition) is 1. The van der Waals surface area contributed by atoms with Gasteiger partial charge in [0.15, 0.2) is 0 Å². The molecule has 0 atom stereocenters. The third-order valence-electron chi connectivity index (χ3n) is 5.55. The standard InChI is InChI=1S/C22H25N3O2/c1-16-6-8-17(9-7-16)10-11-21(26)24-14-12-18(13-15-24)25-20-5-3-2-4-19(20)23-22(25)27/h2-9,18H,10-15H2,1H3,(H,23,27). The molecule has 1 aliphatic heterocycles. The molecule has 27 heavy (non-hydrogen) atoms. The Bertz CT molecular complexity index is 992. The lowest BCUT2D eigenvalue weighted by Gasteiger charge is -2.32. The van der Waals surface area contributed by atoms with Crippen LogP contribution < -0.4 is 5.69 Å². The highest BCUT2D eigenvalue weighted by Crippen LogP contribution is 2.25. The van der Waals surface area contributed by atoms with Gasteiger partial charge in [-0.15, -0.1) is 0 Å². The molecule has 0 bridgehead atoms. The topological polar surface area (TPSA) is 58.1 Å². The molecule has 0 spiro atoms. The number of para-hydroxylation sites is 2. The SMILES string of the molecule is Cc1ccc(CCC(=O)N2CCC(n3c(=O)[nH]c4ccccc43)CC2)cc1. The average molecular weight is 363 g/mol. The molecule has 4 rings (SSSR count). The van der Waals surface area contributed by atoms with E-state index in [1.807, 2.05) is 33.7 Å². The number of aromatic nitrogens is 2. The van der Waals surface area contributed by atoms with E-state index >= 15 is 0 Å². The predicted octanol–water partition coefficient (Wildman–Crippen LogP) is 3.43. The summed E-state index contributed by atoms with van der Waals surface area (Å²) in [7, 11) is 0. The number of fused-ring (bicyclic) bond motifs is 1. The number of piperidine rings is 1. The van der Waals surface area contributed by atoms with Crippen molar-refractivity contribution in [2.45, 2.75) is 38.6 Å². The maximum absolute atomic E-state index is 12.6. The third kappa shape index (κ3) is 3.68. The molecule has 1 aromatic heterocycles. The Labute approximate surface area is 158 Å². The Hall–Kier alpha value is -2.82. The smallest absolute Gasteiger partial charge is 0.326 e. The molecule has 1 N–H and O–H groups in total. The predicted molar refractivity (Wildman–Crippen MR) is 107 cm³/mol. The summed E-state index contributed by atoms with van der Waals surface area (Å²) in [6.07, 6.45) is 2.96. The van der Waals surface area contributed by atoms with Gasteiger partial charge in [0, 0.05) is 25.6 Å². The molecule has 0 unspecified atom stereocenters.